The lowest BCUT2D eigenvalue weighted by Crippen LogP contribution is -2.53. The molecule has 0 N–H and O–H groups in total. The van der Waals surface area contributed by atoms with E-state index in [9.17, 15) is 9.59 Å². The van der Waals surface area contributed by atoms with Gasteiger partial charge in [-0.25, -0.2) is 0 Å². The standard InChI is InChI=1S/C23H32O2/c1-14-12-20-18-7-6-16-13-17(25)8-10-21(16,3)19(18)9-11-22(20,4)23(14,5)15(2)24/h8,10,13-14,18-20H,6-7,9,11-12H2,1-5H3/t14-,18-,19-,20-,21+,22+,23-/m1/s1. The first-order chi connectivity index (χ1) is 11.6. The van der Waals surface area contributed by atoms with Crippen molar-refractivity contribution < 1.29 is 9.59 Å². The van der Waals surface area contributed by atoms with Crippen molar-refractivity contribution in [3.05, 3.63) is 23.8 Å². The molecule has 0 aromatic heterocycles. The average molecular weight is 341 g/mol. The smallest absolute Gasteiger partial charge is 0.178 e. The fourth-order valence-corrected chi connectivity index (χ4v) is 7.53. The predicted molar refractivity (Wildman–Crippen MR) is 100.0 cm³/mol. The Morgan fingerprint density at radius 3 is 2.56 bits per heavy atom. The molecule has 0 heterocycles. The number of hydrogen-bond acceptors (Lipinski definition) is 2. The Morgan fingerprint density at radius 2 is 1.88 bits per heavy atom. The minimum absolute atomic E-state index is 0.0522. The molecule has 25 heavy (non-hydrogen) atoms. The summed E-state index contributed by atoms with van der Waals surface area (Å²) in [5.41, 5.74) is 1.35. The van der Waals surface area contributed by atoms with Gasteiger partial charge in [0.1, 0.15) is 5.78 Å². The Labute approximate surface area is 152 Å². The highest BCUT2D eigenvalue weighted by molar-refractivity contribution is 6.01. The van der Waals surface area contributed by atoms with Crippen molar-refractivity contribution in [1.82, 2.24) is 0 Å². The molecule has 0 bridgehead atoms. The molecule has 7 atom stereocenters. The van der Waals surface area contributed by atoms with Gasteiger partial charge >= 0.3 is 0 Å². The summed E-state index contributed by atoms with van der Waals surface area (Å²) >= 11 is 0. The van der Waals surface area contributed by atoms with Gasteiger partial charge in [0.15, 0.2) is 5.78 Å². The number of hydrogen-bond donors (Lipinski definition) is 0. The van der Waals surface area contributed by atoms with Crippen molar-refractivity contribution in [2.24, 2.45) is 39.9 Å². The Bertz CT molecular complexity index is 701. The molecule has 3 fully saturated rings. The lowest BCUT2D eigenvalue weighted by molar-refractivity contribution is -0.140. The summed E-state index contributed by atoms with van der Waals surface area (Å²) in [6.45, 7) is 11.1. The maximum atomic E-state index is 12.7. The second kappa shape index (κ2) is 5.18. The van der Waals surface area contributed by atoms with E-state index in [-0.39, 0.29) is 22.0 Å². The van der Waals surface area contributed by atoms with Crippen LogP contribution in [0.15, 0.2) is 23.8 Å². The minimum atomic E-state index is -0.183. The van der Waals surface area contributed by atoms with Gasteiger partial charge in [0, 0.05) is 10.8 Å². The molecular formula is C23H32O2. The average Bonchev–Trinajstić information content (AvgIpc) is 2.77. The van der Waals surface area contributed by atoms with Crippen molar-refractivity contribution >= 4 is 11.6 Å². The summed E-state index contributed by atoms with van der Waals surface area (Å²) in [5, 5.41) is 0. The summed E-state index contributed by atoms with van der Waals surface area (Å²) in [6.07, 6.45) is 11.6. The van der Waals surface area contributed by atoms with E-state index in [4.69, 9.17) is 0 Å². The second-order valence-electron chi connectivity index (χ2n) is 9.95. The molecule has 0 aromatic rings. The van der Waals surface area contributed by atoms with Gasteiger partial charge in [0.2, 0.25) is 0 Å². The van der Waals surface area contributed by atoms with Gasteiger partial charge in [0.05, 0.1) is 0 Å². The van der Waals surface area contributed by atoms with Crippen molar-refractivity contribution in [2.45, 2.75) is 66.7 Å². The SMILES string of the molecule is CC(=O)[C@@]1(C)[C@H](C)C[C@@H]2[C@@H]3CCC4=CC(=O)C=C[C@]4(C)[C@@H]3CC[C@@]21C. The van der Waals surface area contributed by atoms with E-state index in [1.54, 1.807) is 6.08 Å². The van der Waals surface area contributed by atoms with Gasteiger partial charge in [-0.15, -0.1) is 0 Å². The maximum absolute atomic E-state index is 12.7. The molecule has 136 valence electrons. The Morgan fingerprint density at radius 1 is 1.16 bits per heavy atom. The lowest BCUT2D eigenvalue weighted by Gasteiger charge is -2.58. The molecule has 4 aliphatic rings. The summed E-state index contributed by atoms with van der Waals surface area (Å²) < 4.78 is 0. The van der Waals surface area contributed by atoms with Crippen LogP contribution in [-0.4, -0.2) is 11.6 Å². The number of Topliss-reactive ketones (excluding diaryl/α,β-unsaturated/α-hetero) is 1. The highest BCUT2D eigenvalue weighted by Gasteiger charge is 2.66. The summed E-state index contributed by atoms with van der Waals surface area (Å²) in [5.74, 6) is 2.95. The fraction of sp³-hybridized carbons (Fsp3) is 0.739. The molecule has 0 spiro atoms. The van der Waals surface area contributed by atoms with Crippen LogP contribution in [-0.2, 0) is 9.59 Å². The third-order valence-electron chi connectivity index (χ3n) is 9.46. The van der Waals surface area contributed by atoms with E-state index in [2.05, 4.69) is 33.8 Å². The number of ketones is 2. The van der Waals surface area contributed by atoms with E-state index in [0.717, 1.165) is 12.8 Å². The van der Waals surface area contributed by atoms with Crippen LogP contribution in [0, 0.1) is 39.9 Å². The van der Waals surface area contributed by atoms with E-state index in [1.807, 2.05) is 13.0 Å². The number of carbonyl (C=O) groups is 2. The number of allylic oxidation sites excluding steroid dienone is 4. The molecule has 0 aromatic carbocycles. The van der Waals surface area contributed by atoms with E-state index in [0.29, 0.717) is 29.5 Å². The van der Waals surface area contributed by atoms with Crippen molar-refractivity contribution in [3.63, 3.8) is 0 Å². The van der Waals surface area contributed by atoms with Crippen molar-refractivity contribution in [1.29, 1.82) is 0 Å². The van der Waals surface area contributed by atoms with E-state index < -0.39 is 0 Å². The zero-order valence-electron chi connectivity index (χ0n) is 16.4. The van der Waals surface area contributed by atoms with Crippen LogP contribution >= 0.6 is 0 Å². The molecule has 0 radical (unpaired) electrons. The van der Waals surface area contributed by atoms with Gasteiger partial charge < -0.3 is 0 Å². The van der Waals surface area contributed by atoms with Crippen LogP contribution in [0.1, 0.15) is 66.7 Å². The summed E-state index contributed by atoms with van der Waals surface area (Å²) in [4.78, 5) is 24.5. The minimum Gasteiger partial charge on any atom is -0.299 e. The number of rotatable bonds is 1. The first kappa shape index (κ1) is 17.2. The highest BCUT2D eigenvalue weighted by Crippen LogP contribution is 2.70. The molecule has 3 saturated carbocycles. The van der Waals surface area contributed by atoms with Crippen molar-refractivity contribution in [2.75, 3.05) is 0 Å². The van der Waals surface area contributed by atoms with E-state index in [1.165, 1.54) is 24.8 Å². The third kappa shape index (κ3) is 1.97. The maximum Gasteiger partial charge on any atom is 0.178 e. The topological polar surface area (TPSA) is 34.1 Å². The monoisotopic (exact) mass is 340 g/mol. The third-order valence-corrected chi connectivity index (χ3v) is 9.46. The zero-order valence-corrected chi connectivity index (χ0v) is 16.4. The highest BCUT2D eigenvalue weighted by atomic mass is 16.1. The quantitative estimate of drug-likeness (QED) is 0.662. The Hall–Kier alpha value is -1.18. The lowest BCUT2D eigenvalue weighted by atomic mass is 9.45. The molecule has 4 rings (SSSR count). The molecule has 2 heteroatoms. The Kier molecular flexibility index (Phi) is 3.57. The molecule has 0 unspecified atom stereocenters. The first-order valence-electron chi connectivity index (χ1n) is 10.1. The molecule has 4 aliphatic carbocycles. The fourth-order valence-electron chi connectivity index (χ4n) is 7.53. The van der Waals surface area contributed by atoms with Gasteiger partial charge in [-0.3, -0.25) is 9.59 Å². The summed E-state index contributed by atoms with van der Waals surface area (Å²) in [7, 11) is 0. The van der Waals surface area contributed by atoms with Gasteiger partial charge in [-0.1, -0.05) is 39.3 Å². The first-order valence-corrected chi connectivity index (χ1v) is 10.1. The zero-order chi connectivity index (χ0) is 18.2. The van der Waals surface area contributed by atoms with Crippen molar-refractivity contribution in [3.8, 4) is 0 Å². The molecule has 0 aliphatic heterocycles. The van der Waals surface area contributed by atoms with Crippen LogP contribution in [0.2, 0.25) is 0 Å². The van der Waals surface area contributed by atoms with Gasteiger partial charge in [-0.05, 0) is 80.3 Å². The van der Waals surface area contributed by atoms with Crippen LogP contribution in [0.3, 0.4) is 0 Å². The molecular weight excluding hydrogens is 308 g/mol. The van der Waals surface area contributed by atoms with E-state index >= 15 is 0 Å². The van der Waals surface area contributed by atoms with Crippen LogP contribution in [0.4, 0.5) is 0 Å². The predicted octanol–water partition coefficient (Wildman–Crippen LogP) is 5.14. The Balaban J connectivity index is 1.74. The number of fused-ring (bicyclic) bond motifs is 5. The molecule has 2 nitrogen and oxygen atoms in total. The van der Waals surface area contributed by atoms with Crippen LogP contribution in [0.5, 0.6) is 0 Å². The largest absolute Gasteiger partial charge is 0.299 e. The number of carbonyl (C=O) groups excluding carboxylic acids is 2. The van der Waals surface area contributed by atoms with Gasteiger partial charge in [0.25, 0.3) is 0 Å². The van der Waals surface area contributed by atoms with Crippen LogP contribution in [0.25, 0.3) is 0 Å². The molecule has 0 saturated heterocycles. The molecule has 0 amide bonds. The van der Waals surface area contributed by atoms with Crippen LogP contribution < -0.4 is 0 Å². The summed E-state index contributed by atoms with van der Waals surface area (Å²) in [6, 6.07) is 0. The normalized spacial score (nSPS) is 51.4. The van der Waals surface area contributed by atoms with Gasteiger partial charge in [-0.2, -0.15) is 0 Å². The second-order valence-corrected chi connectivity index (χ2v) is 9.95.